The molecule has 7 nitrogen and oxygen atoms in total. The molecule has 1 aliphatic carbocycles. The molecule has 3 aromatic rings. The number of amides is 2. The molecule has 2 heterocycles. The third kappa shape index (κ3) is 5.54. The van der Waals surface area contributed by atoms with Gasteiger partial charge in [-0.05, 0) is 6.42 Å². The van der Waals surface area contributed by atoms with Crippen molar-refractivity contribution in [2.45, 2.75) is 39.5 Å². The van der Waals surface area contributed by atoms with E-state index in [4.69, 9.17) is 0 Å². The maximum atomic E-state index is 12.7. The van der Waals surface area contributed by atoms with Gasteiger partial charge in [-0.15, -0.1) is 11.3 Å². The molecule has 0 bridgehead atoms. The number of nitrogens with one attached hydrogen (secondary N) is 2. The molecule has 1 aliphatic rings. The van der Waals surface area contributed by atoms with E-state index in [-0.39, 0.29) is 29.9 Å². The van der Waals surface area contributed by atoms with E-state index in [0.717, 1.165) is 22.7 Å². The summed E-state index contributed by atoms with van der Waals surface area (Å²) >= 11 is 2.77. The lowest BCUT2D eigenvalue weighted by atomic mass is 9.89. The topological polar surface area (TPSA) is 101 Å². The Morgan fingerprint density at radius 2 is 1.97 bits per heavy atom. The zero-order valence-corrected chi connectivity index (χ0v) is 20.2. The molecule has 0 fully saturated rings. The maximum absolute atomic E-state index is 12.7. The normalized spacial score (nSPS) is 16.2. The number of nitrogens with zero attached hydrogens (tertiary/aromatic N) is 2. The smallest absolute Gasteiger partial charge is 0.228 e. The Morgan fingerprint density at radius 1 is 1.18 bits per heavy atom. The highest BCUT2D eigenvalue weighted by molar-refractivity contribution is 7.17. The van der Waals surface area contributed by atoms with Gasteiger partial charge in [-0.2, -0.15) is 0 Å². The Bertz CT molecular complexity index is 1160. The van der Waals surface area contributed by atoms with Crippen molar-refractivity contribution in [3.8, 4) is 11.3 Å². The van der Waals surface area contributed by atoms with Gasteiger partial charge in [0.2, 0.25) is 11.8 Å². The lowest BCUT2D eigenvalue weighted by molar-refractivity contribution is -0.125. The van der Waals surface area contributed by atoms with E-state index in [9.17, 15) is 14.4 Å². The highest BCUT2D eigenvalue weighted by atomic mass is 32.1. The van der Waals surface area contributed by atoms with Crippen molar-refractivity contribution in [1.29, 1.82) is 0 Å². The molecule has 0 aliphatic heterocycles. The molecule has 33 heavy (non-hydrogen) atoms. The second-order valence-corrected chi connectivity index (χ2v) is 10.1. The lowest BCUT2D eigenvalue weighted by Crippen LogP contribution is -2.36. The van der Waals surface area contributed by atoms with Gasteiger partial charge >= 0.3 is 0 Å². The summed E-state index contributed by atoms with van der Waals surface area (Å²) in [6, 6.07) is 9.98. The summed E-state index contributed by atoms with van der Waals surface area (Å²) < 4.78 is 0. The fourth-order valence-corrected chi connectivity index (χ4v) is 5.34. The summed E-state index contributed by atoms with van der Waals surface area (Å²) in [4.78, 5) is 47.1. The van der Waals surface area contributed by atoms with Crippen LogP contribution in [-0.2, 0) is 22.4 Å². The third-order valence-electron chi connectivity index (χ3n) is 5.74. The number of benzene rings is 1. The fourth-order valence-electron chi connectivity index (χ4n) is 3.59. The van der Waals surface area contributed by atoms with Crippen molar-refractivity contribution in [1.82, 2.24) is 15.3 Å². The van der Waals surface area contributed by atoms with Crippen LogP contribution in [0.2, 0.25) is 0 Å². The van der Waals surface area contributed by atoms with Crippen LogP contribution in [0.15, 0.2) is 35.7 Å². The van der Waals surface area contributed by atoms with Gasteiger partial charge in [0.05, 0.1) is 27.2 Å². The molecule has 172 valence electrons. The maximum Gasteiger partial charge on any atom is 0.228 e. The van der Waals surface area contributed by atoms with Crippen molar-refractivity contribution in [2.24, 2.45) is 11.8 Å². The first-order valence-corrected chi connectivity index (χ1v) is 12.8. The molecule has 0 unspecified atom stereocenters. The summed E-state index contributed by atoms with van der Waals surface area (Å²) in [5.41, 5.74) is 2.61. The molecule has 2 N–H and O–H groups in total. The predicted molar refractivity (Wildman–Crippen MR) is 131 cm³/mol. The number of Topliss-reactive ketones (excluding diaryl/α,β-unsaturated/α-hetero) is 1. The fraction of sp³-hybridized carbons (Fsp3) is 0.375. The average Bonchev–Trinajstić information content (AvgIpc) is 3.46. The number of hydrogen-bond donors (Lipinski definition) is 2. The number of carbonyl (C=O) groups is 3. The molecule has 9 heteroatoms. The molecule has 0 spiro atoms. The number of aromatic nitrogens is 2. The van der Waals surface area contributed by atoms with Crippen molar-refractivity contribution in [3.05, 3.63) is 51.3 Å². The molecule has 2 amide bonds. The first-order valence-electron chi connectivity index (χ1n) is 11.1. The van der Waals surface area contributed by atoms with Crippen LogP contribution in [0.3, 0.4) is 0 Å². The molecule has 2 aromatic heterocycles. The molecule has 0 saturated heterocycles. The van der Waals surface area contributed by atoms with E-state index in [0.29, 0.717) is 35.1 Å². The number of anilines is 1. The Morgan fingerprint density at radius 3 is 2.73 bits per heavy atom. The van der Waals surface area contributed by atoms with Crippen molar-refractivity contribution in [2.75, 3.05) is 11.9 Å². The summed E-state index contributed by atoms with van der Waals surface area (Å²) in [5, 5.41) is 9.14. The number of rotatable bonds is 8. The van der Waals surface area contributed by atoms with Crippen LogP contribution in [-0.4, -0.2) is 34.1 Å². The summed E-state index contributed by atoms with van der Waals surface area (Å²) in [6.45, 7) is 4.26. The van der Waals surface area contributed by atoms with E-state index in [2.05, 4.69) is 20.6 Å². The van der Waals surface area contributed by atoms with Gasteiger partial charge in [0.25, 0.3) is 0 Å². The Hall–Kier alpha value is -2.91. The lowest BCUT2D eigenvalue weighted by Gasteiger charge is -2.19. The van der Waals surface area contributed by atoms with Crippen LogP contribution < -0.4 is 10.6 Å². The quantitative estimate of drug-likeness (QED) is 0.497. The van der Waals surface area contributed by atoms with Gasteiger partial charge in [-0.1, -0.05) is 55.5 Å². The van der Waals surface area contributed by atoms with Gasteiger partial charge in [0.1, 0.15) is 0 Å². The molecule has 4 rings (SSSR count). The van der Waals surface area contributed by atoms with Crippen LogP contribution in [0.5, 0.6) is 0 Å². The number of ketones is 1. The Labute approximate surface area is 200 Å². The van der Waals surface area contributed by atoms with Crippen LogP contribution in [0.25, 0.3) is 11.3 Å². The molecule has 1 aromatic carbocycles. The summed E-state index contributed by atoms with van der Waals surface area (Å²) in [5.74, 6) is -0.913. The summed E-state index contributed by atoms with van der Waals surface area (Å²) in [7, 11) is 0. The Balaban J connectivity index is 1.31. The van der Waals surface area contributed by atoms with Crippen LogP contribution in [0.1, 0.15) is 47.1 Å². The standard InChI is InChI=1S/C24H26N4O3S2/c1-3-14(2)22(30)28-24-27-17-11-16(12-19(29)21(17)33-24)23(31)25-10-9-20-26-18(13-32-20)15-7-5-4-6-8-15/h4-8,13-14,16H,3,9-12H2,1-2H3,(H,25,31)(H,27,28,30)/t14-,16-/m1/s1. The Kier molecular flexibility index (Phi) is 7.29. The van der Waals surface area contributed by atoms with Crippen LogP contribution in [0.4, 0.5) is 5.13 Å². The largest absolute Gasteiger partial charge is 0.355 e. The summed E-state index contributed by atoms with van der Waals surface area (Å²) in [6.07, 6.45) is 1.93. The monoisotopic (exact) mass is 482 g/mol. The molecule has 2 atom stereocenters. The second-order valence-electron chi connectivity index (χ2n) is 8.16. The van der Waals surface area contributed by atoms with Gasteiger partial charge < -0.3 is 10.6 Å². The van der Waals surface area contributed by atoms with Crippen molar-refractivity contribution < 1.29 is 14.4 Å². The zero-order valence-electron chi connectivity index (χ0n) is 18.6. The van der Waals surface area contributed by atoms with Crippen molar-refractivity contribution >= 4 is 45.4 Å². The van der Waals surface area contributed by atoms with Crippen LogP contribution >= 0.6 is 22.7 Å². The minimum atomic E-state index is -0.443. The number of hydrogen-bond acceptors (Lipinski definition) is 7. The van der Waals surface area contributed by atoms with Crippen molar-refractivity contribution in [3.63, 3.8) is 0 Å². The van der Waals surface area contributed by atoms with Gasteiger partial charge in [-0.3, -0.25) is 14.4 Å². The molecule has 0 radical (unpaired) electrons. The molecule has 0 saturated carbocycles. The van der Waals surface area contributed by atoms with Gasteiger partial charge in [0.15, 0.2) is 10.9 Å². The first kappa shape index (κ1) is 23.3. The minimum absolute atomic E-state index is 0.0923. The number of carbonyl (C=O) groups excluding carboxylic acids is 3. The average molecular weight is 483 g/mol. The first-order chi connectivity index (χ1) is 15.9. The molecular formula is C24H26N4O3S2. The second kappa shape index (κ2) is 10.4. The van der Waals surface area contributed by atoms with E-state index in [1.807, 2.05) is 49.6 Å². The van der Waals surface area contributed by atoms with E-state index in [1.54, 1.807) is 11.3 Å². The highest BCUT2D eigenvalue weighted by Gasteiger charge is 2.33. The highest BCUT2D eigenvalue weighted by Crippen LogP contribution is 2.32. The predicted octanol–water partition coefficient (Wildman–Crippen LogP) is 4.36. The minimum Gasteiger partial charge on any atom is -0.355 e. The van der Waals surface area contributed by atoms with Gasteiger partial charge in [0, 0.05) is 42.7 Å². The third-order valence-corrected chi connectivity index (χ3v) is 7.71. The van der Waals surface area contributed by atoms with Gasteiger partial charge in [-0.25, -0.2) is 9.97 Å². The number of thiazole rings is 2. The van der Waals surface area contributed by atoms with Crippen LogP contribution in [0, 0.1) is 11.8 Å². The zero-order chi connectivity index (χ0) is 23.4. The number of fused-ring (bicyclic) bond motifs is 1. The molecular weight excluding hydrogens is 456 g/mol. The van der Waals surface area contributed by atoms with E-state index < -0.39 is 5.92 Å². The SMILES string of the molecule is CC[C@@H](C)C(=O)Nc1nc2c(s1)C(=O)C[C@H](C(=O)NCCc1nc(-c3ccccc3)cs1)C2. The van der Waals surface area contributed by atoms with E-state index in [1.165, 1.54) is 11.3 Å². The van der Waals surface area contributed by atoms with E-state index >= 15 is 0 Å².